The molecule has 2 N–H and O–H groups in total. The number of hydrogen-bond donors (Lipinski definition) is 2. The van der Waals surface area contributed by atoms with Crippen LogP contribution in [-0.2, 0) is 0 Å². The minimum absolute atomic E-state index is 0.138. The highest BCUT2D eigenvalue weighted by atomic mass is 16.3. The Labute approximate surface area is 86.1 Å². The second kappa shape index (κ2) is 6.00. The van der Waals surface area contributed by atoms with E-state index in [1.54, 1.807) is 0 Å². The summed E-state index contributed by atoms with van der Waals surface area (Å²) in [5.41, 5.74) is 0. The van der Waals surface area contributed by atoms with Gasteiger partial charge in [0.2, 0.25) is 0 Å². The van der Waals surface area contributed by atoms with Crippen molar-refractivity contribution in [3.8, 4) is 6.07 Å². The molecule has 1 aliphatic rings. The summed E-state index contributed by atoms with van der Waals surface area (Å²) in [5.74, 6) is 0. The van der Waals surface area contributed by atoms with Crippen LogP contribution < -0.4 is 5.32 Å². The Morgan fingerprint density at radius 3 is 2.93 bits per heavy atom. The summed E-state index contributed by atoms with van der Waals surface area (Å²) >= 11 is 0. The van der Waals surface area contributed by atoms with E-state index in [2.05, 4.69) is 18.3 Å². The van der Waals surface area contributed by atoms with Crippen LogP contribution in [0.1, 0.15) is 45.4 Å². The predicted molar refractivity (Wildman–Crippen MR) is 55.7 cm³/mol. The van der Waals surface area contributed by atoms with E-state index in [1.165, 1.54) is 0 Å². The third kappa shape index (κ3) is 3.65. The molecule has 3 nitrogen and oxygen atoms in total. The van der Waals surface area contributed by atoms with Gasteiger partial charge in [0.05, 0.1) is 18.6 Å². The molecule has 14 heavy (non-hydrogen) atoms. The van der Waals surface area contributed by atoms with Gasteiger partial charge in [-0.1, -0.05) is 6.92 Å². The first-order valence-corrected chi connectivity index (χ1v) is 5.57. The van der Waals surface area contributed by atoms with E-state index in [-0.39, 0.29) is 6.10 Å². The Bertz CT molecular complexity index is 200. The van der Waals surface area contributed by atoms with Gasteiger partial charge in [0, 0.05) is 12.1 Å². The first kappa shape index (κ1) is 11.5. The molecule has 0 amide bonds. The van der Waals surface area contributed by atoms with Crippen LogP contribution in [0.15, 0.2) is 0 Å². The van der Waals surface area contributed by atoms with E-state index in [0.717, 1.165) is 32.1 Å². The summed E-state index contributed by atoms with van der Waals surface area (Å²) < 4.78 is 0. The Hall–Kier alpha value is -0.590. The lowest BCUT2D eigenvalue weighted by Gasteiger charge is -2.29. The van der Waals surface area contributed by atoms with E-state index in [0.29, 0.717) is 18.5 Å². The van der Waals surface area contributed by atoms with Crippen LogP contribution in [0, 0.1) is 11.3 Å². The number of nitrogens with one attached hydrogen (secondary N) is 1. The average Bonchev–Trinajstić information content (AvgIpc) is 2.17. The Morgan fingerprint density at radius 1 is 1.57 bits per heavy atom. The molecule has 1 rings (SSSR count). The SMILES string of the molecule is CCC(CC#N)NC1CCCC(O)C1. The summed E-state index contributed by atoms with van der Waals surface area (Å²) in [4.78, 5) is 0. The summed E-state index contributed by atoms with van der Waals surface area (Å²) in [6, 6.07) is 2.91. The average molecular weight is 196 g/mol. The third-order valence-electron chi connectivity index (χ3n) is 2.95. The van der Waals surface area contributed by atoms with Gasteiger partial charge in [-0.05, 0) is 32.1 Å². The smallest absolute Gasteiger partial charge is 0.0638 e. The fourth-order valence-electron chi connectivity index (χ4n) is 2.08. The van der Waals surface area contributed by atoms with E-state index in [9.17, 15) is 5.11 Å². The highest BCUT2D eigenvalue weighted by molar-refractivity contribution is 4.85. The van der Waals surface area contributed by atoms with Crippen LogP contribution >= 0.6 is 0 Å². The highest BCUT2D eigenvalue weighted by Gasteiger charge is 2.21. The fraction of sp³-hybridized carbons (Fsp3) is 0.909. The maximum absolute atomic E-state index is 9.49. The topological polar surface area (TPSA) is 56.0 Å². The molecule has 3 heteroatoms. The monoisotopic (exact) mass is 196 g/mol. The van der Waals surface area contributed by atoms with Crippen molar-refractivity contribution in [3.05, 3.63) is 0 Å². The minimum atomic E-state index is -0.138. The number of hydrogen-bond acceptors (Lipinski definition) is 3. The van der Waals surface area contributed by atoms with E-state index in [1.807, 2.05) is 0 Å². The largest absolute Gasteiger partial charge is 0.393 e. The predicted octanol–water partition coefficient (Wildman–Crippen LogP) is 1.57. The molecular weight excluding hydrogens is 176 g/mol. The molecule has 1 saturated carbocycles. The lowest BCUT2D eigenvalue weighted by atomic mass is 9.92. The molecule has 0 aromatic heterocycles. The molecule has 0 radical (unpaired) electrons. The van der Waals surface area contributed by atoms with Crippen LogP contribution in [0.5, 0.6) is 0 Å². The van der Waals surface area contributed by atoms with E-state index in [4.69, 9.17) is 5.26 Å². The van der Waals surface area contributed by atoms with Crippen LogP contribution in [0.4, 0.5) is 0 Å². The maximum atomic E-state index is 9.49. The lowest BCUT2D eigenvalue weighted by Crippen LogP contribution is -2.41. The fourth-order valence-corrected chi connectivity index (χ4v) is 2.08. The van der Waals surface area contributed by atoms with Crippen molar-refractivity contribution >= 4 is 0 Å². The number of aliphatic hydroxyl groups excluding tert-OH is 1. The molecule has 1 aliphatic carbocycles. The van der Waals surface area contributed by atoms with Crippen LogP contribution in [-0.4, -0.2) is 23.3 Å². The molecule has 0 aliphatic heterocycles. The van der Waals surface area contributed by atoms with Crippen molar-refractivity contribution in [2.45, 2.75) is 63.6 Å². The number of nitrogens with zero attached hydrogens (tertiary/aromatic N) is 1. The zero-order chi connectivity index (χ0) is 10.4. The molecule has 0 spiro atoms. The number of rotatable bonds is 4. The van der Waals surface area contributed by atoms with Gasteiger partial charge in [0.1, 0.15) is 0 Å². The molecule has 1 fully saturated rings. The van der Waals surface area contributed by atoms with Gasteiger partial charge >= 0.3 is 0 Å². The third-order valence-corrected chi connectivity index (χ3v) is 2.95. The van der Waals surface area contributed by atoms with Crippen molar-refractivity contribution < 1.29 is 5.11 Å². The Balaban J connectivity index is 2.30. The standard InChI is InChI=1S/C11H20N2O/c1-2-9(6-7-12)13-10-4-3-5-11(14)8-10/h9-11,13-14H,2-6,8H2,1H3. The van der Waals surface area contributed by atoms with Gasteiger partial charge in [-0.3, -0.25) is 0 Å². The van der Waals surface area contributed by atoms with Gasteiger partial charge < -0.3 is 10.4 Å². The summed E-state index contributed by atoms with van der Waals surface area (Å²) in [5, 5.41) is 21.6. The van der Waals surface area contributed by atoms with Crippen molar-refractivity contribution in [2.24, 2.45) is 0 Å². The molecule has 0 saturated heterocycles. The molecule has 0 aromatic carbocycles. The maximum Gasteiger partial charge on any atom is 0.0638 e. The normalized spacial score (nSPS) is 29.5. The molecule has 80 valence electrons. The molecule has 0 bridgehead atoms. The van der Waals surface area contributed by atoms with Gasteiger partial charge in [-0.15, -0.1) is 0 Å². The second-order valence-corrected chi connectivity index (χ2v) is 4.15. The zero-order valence-electron chi connectivity index (χ0n) is 8.87. The molecule has 3 atom stereocenters. The molecule has 0 heterocycles. The summed E-state index contributed by atoms with van der Waals surface area (Å²) in [6.45, 7) is 2.09. The van der Waals surface area contributed by atoms with Crippen LogP contribution in [0.2, 0.25) is 0 Å². The Morgan fingerprint density at radius 2 is 2.36 bits per heavy atom. The number of nitriles is 1. The Kier molecular flexibility index (Phi) is 4.92. The zero-order valence-corrected chi connectivity index (χ0v) is 8.87. The van der Waals surface area contributed by atoms with Gasteiger partial charge in [-0.2, -0.15) is 5.26 Å². The van der Waals surface area contributed by atoms with Crippen LogP contribution in [0.3, 0.4) is 0 Å². The van der Waals surface area contributed by atoms with Crippen molar-refractivity contribution in [1.82, 2.24) is 5.32 Å². The minimum Gasteiger partial charge on any atom is -0.393 e. The van der Waals surface area contributed by atoms with Gasteiger partial charge in [0.15, 0.2) is 0 Å². The van der Waals surface area contributed by atoms with E-state index >= 15 is 0 Å². The van der Waals surface area contributed by atoms with Crippen molar-refractivity contribution in [3.63, 3.8) is 0 Å². The number of aliphatic hydroxyl groups is 1. The second-order valence-electron chi connectivity index (χ2n) is 4.15. The molecular formula is C11H20N2O. The molecule has 3 unspecified atom stereocenters. The van der Waals surface area contributed by atoms with E-state index < -0.39 is 0 Å². The quantitative estimate of drug-likeness (QED) is 0.717. The van der Waals surface area contributed by atoms with Gasteiger partial charge in [-0.25, -0.2) is 0 Å². The van der Waals surface area contributed by atoms with Crippen molar-refractivity contribution in [2.75, 3.05) is 0 Å². The summed E-state index contributed by atoms with van der Waals surface area (Å²) in [7, 11) is 0. The molecule has 0 aromatic rings. The van der Waals surface area contributed by atoms with Gasteiger partial charge in [0.25, 0.3) is 0 Å². The first-order chi connectivity index (χ1) is 6.76. The summed E-state index contributed by atoms with van der Waals surface area (Å²) in [6.07, 6.45) is 5.44. The van der Waals surface area contributed by atoms with Crippen molar-refractivity contribution in [1.29, 1.82) is 5.26 Å². The highest BCUT2D eigenvalue weighted by Crippen LogP contribution is 2.19. The first-order valence-electron chi connectivity index (χ1n) is 5.57. The van der Waals surface area contributed by atoms with Crippen LogP contribution in [0.25, 0.3) is 0 Å². The lowest BCUT2D eigenvalue weighted by molar-refractivity contribution is 0.108.